The van der Waals surface area contributed by atoms with Crippen molar-refractivity contribution in [2.24, 2.45) is 4.99 Å². The van der Waals surface area contributed by atoms with E-state index < -0.39 is 0 Å². The van der Waals surface area contributed by atoms with Gasteiger partial charge < -0.3 is 9.47 Å². The number of benzene rings is 1. The van der Waals surface area contributed by atoms with Crippen LogP contribution in [-0.2, 0) is 22.2 Å². The molecule has 7 rings (SSSR count). The SMILES string of the molecule is [C-]#[N+]/C(C#N)=C1\SC(=Nc2cc3c(s2)-c2cc4c(cc2C3(C)C)-c2sc(/C=c3\s/c(=C(\C#N)[N+]#[C-])n(CC)c3=O)cc2C4(C)C)C(=O)N1CC. The molecule has 2 aliphatic carbocycles. The van der Waals surface area contributed by atoms with Crippen molar-refractivity contribution >= 4 is 73.5 Å². The van der Waals surface area contributed by atoms with E-state index in [0.717, 1.165) is 32.6 Å². The number of nitrogens with zero attached hydrogens (tertiary/aromatic N) is 7. The first-order chi connectivity index (χ1) is 23.8. The Morgan fingerprint density at radius 2 is 1.46 bits per heavy atom. The van der Waals surface area contributed by atoms with E-state index in [4.69, 9.17) is 18.1 Å². The summed E-state index contributed by atoms with van der Waals surface area (Å²) >= 11 is 5.46. The van der Waals surface area contributed by atoms with Crippen LogP contribution in [0.25, 0.3) is 42.3 Å². The largest absolute Gasteiger partial charge is 0.309 e. The van der Waals surface area contributed by atoms with Gasteiger partial charge in [-0.3, -0.25) is 9.59 Å². The number of thiazole rings is 1. The third-order valence-corrected chi connectivity index (χ3v) is 13.9. The van der Waals surface area contributed by atoms with Gasteiger partial charge in [0, 0.05) is 38.6 Å². The zero-order chi connectivity index (χ0) is 35.9. The number of fused-ring (bicyclic) bond motifs is 6. The van der Waals surface area contributed by atoms with Gasteiger partial charge in [-0.25, -0.2) is 25.2 Å². The maximum absolute atomic E-state index is 13.2. The summed E-state index contributed by atoms with van der Waals surface area (Å²) in [5.74, 6) is -0.302. The van der Waals surface area contributed by atoms with E-state index in [1.54, 1.807) is 22.7 Å². The molecule has 9 nitrogen and oxygen atoms in total. The average molecular weight is 730 g/mol. The molecule has 0 spiro atoms. The normalized spacial score (nSPS) is 18.9. The molecular formula is C37H27N7O2S4. The summed E-state index contributed by atoms with van der Waals surface area (Å²) in [6.45, 7) is 27.9. The Morgan fingerprint density at radius 3 is 2.02 bits per heavy atom. The lowest BCUT2D eigenvalue weighted by Gasteiger charge is -2.24. The lowest BCUT2D eigenvalue weighted by Crippen LogP contribution is -2.31. The summed E-state index contributed by atoms with van der Waals surface area (Å²) in [4.78, 5) is 42.5. The van der Waals surface area contributed by atoms with Gasteiger partial charge in [0.25, 0.3) is 22.9 Å². The molecular weight excluding hydrogens is 703 g/mol. The minimum Gasteiger partial charge on any atom is -0.309 e. The monoisotopic (exact) mass is 729 g/mol. The summed E-state index contributed by atoms with van der Waals surface area (Å²) in [6.07, 6.45) is 1.88. The maximum Gasteiger partial charge on any atom is 0.294 e. The molecule has 0 bridgehead atoms. The quantitative estimate of drug-likeness (QED) is 0.162. The number of aromatic nitrogens is 1. The van der Waals surface area contributed by atoms with Crippen molar-refractivity contribution in [1.29, 1.82) is 10.5 Å². The number of amides is 1. The van der Waals surface area contributed by atoms with E-state index >= 15 is 0 Å². The van der Waals surface area contributed by atoms with Gasteiger partial charge in [-0.1, -0.05) is 39.5 Å². The lowest BCUT2D eigenvalue weighted by molar-refractivity contribution is -0.121. The van der Waals surface area contributed by atoms with Gasteiger partial charge in [0.2, 0.25) is 0 Å². The molecule has 3 aliphatic rings. The number of nitriles is 2. The molecule has 1 amide bonds. The second-order valence-corrected chi connectivity index (χ2v) is 17.0. The van der Waals surface area contributed by atoms with Crippen LogP contribution in [0.1, 0.15) is 68.7 Å². The summed E-state index contributed by atoms with van der Waals surface area (Å²) in [5.41, 5.74) is 6.12. The summed E-state index contributed by atoms with van der Waals surface area (Å²) in [7, 11) is 0. The molecule has 13 heteroatoms. The van der Waals surface area contributed by atoms with Gasteiger partial charge in [0.05, 0.1) is 29.8 Å². The number of thioether (sulfide) groups is 1. The molecule has 0 N–H and O–H groups in total. The molecule has 50 heavy (non-hydrogen) atoms. The van der Waals surface area contributed by atoms with Gasteiger partial charge in [0.15, 0.2) is 5.04 Å². The van der Waals surface area contributed by atoms with Crippen LogP contribution >= 0.6 is 45.8 Å². The van der Waals surface area contributed by atoms with Crippen LogP contribution in [0.5, 0.6) is 0 Å². The number of hydrogen-bond acceptors (Lipinski definition) is 9. The van der Waals surface area contributed by atoms with Crippen molar-refractivity contribution in [3.05, 3.63) is 105 Å². The van der Waals surface area contributed by atoms with Gasteiger partial charge in [-0.2, -0.15) is 0 Å². The summed E-state index contributed by atoms with van der Waals surface area (Å²) in [6, 6.07) is 12.7. The molecule has 0 saturated carbocycles. The van der Waals surface area contributed by atoms with Gasteiger partial charge >= 0.3 is 0 Å². The fourth-order valence-corrected chi connectivity index (χ4v) is 11.7. The Bertz CT molecular complexity index is 2620. The number of thiophene rings is 2. The topological polar surface area (TPSA) is 111 Å². The smallest absolute Gasteiger partial charge is 0.294 e. The predicted molar refractivity (Wildman–Crippen MR) is 201 cm³/mol. The molecule has 0 radical (unpaired) electrons. The summed E-state index contributed by atoms with van der Waals surface area (Å²) < 4.78 is 2.38. The number of allylic oxidation sites excluding steroid dienone is 1. The first kappa shape index (κ1) is 33.5. The van der Waals surface area contributed by atoms with Crippen LogP contribution in [0.3, 0.4) is 0 Å². The molecule has 0 unspecified atom stereocenters. The Balaban J connectivity index is 1.30. The minimum absolute atomic E-state index is 0.0759. The first-order valence-electron chi connectivity index (χ1n) is 15.7. The standard InChI is InChI=1S/C37H27N7O2S4/c1-9-43-32(45)27(48-34(43)25(16-38)40-7)12-18-11-23-29(47-18)19-13-22-20(14-21(19)36(23,3)4)30-24(37(22,5)6)15-28(49-30)42-31-33(46)44(10-2)35(50-31)26(17-39)41-8/h11-15H,9-10H2,1-6H3/b27-12-,34-25+,35-26-,42-31?. The van der Waals surface area contributed by atoms with Crippen LogP contribution in [0.2, 0.25) is 0 Å². The summed E-state index contributed by atoms with van der Waals surface area (Å²) in [5, 5.41) is 20.2. The Kier molecular flexibility index (Phi) is 7.90. The van der Waals surface area contributed by atoms with Crippen LogP contribution < -0.4 is 14.8 Å². The van der Waals surface area contributed by atoms with Gasteiger partial charge in [-0.15, -0.1) is 34.0 Å². The number of hydrogen-bond donors (Lipinski definition) is 0. The molecule has 1 saturated heterocycles. The molecule has 1 aromatic carbocycles. The average Bonchev–Trinajstić information content (AvgIpc) is 3.91. The zero-order valence-corrected chi connectivity index (χ0v) is 31.1. The molecule has 1 aliphatic heterocycles. The van der Waals surface area contributed by atoms with Crippen LogP contribution in [0.15, 0.2) is 44.8 Å². The molecule has 4 heterocycles. The molecule has 4 aromatic rings. The highest BCUT2D eigenvalue weighted by atomic mass is 32.2. The van der Waals surface area contributed by atoms with Gasteiger partial charge in [-0.05, 0) is 77.6 Å². The van der Waals surface area contributed by atoms with E-state index in [2.05, 4.69) is 61.7 Å². The number of carbonyl (C=O) groups is 1. The zero-order valence-electron chi connectivity index (χ0n) is 27.9. The van der Waals surface area contributed by atoms with E-state index in [1.165, 1.54) is 47.9 Å². The van der Waals surface area contributed by atoms with Crippen LogP contribution in [0, 0.1) is 35.8 Å². The predicted octanol–water partition coefficient (Wildman–Crippen LogP) is 7.28. The second-order valence-electron chi connectivity index (χ2n) is 12.9. The first-order valence-corrected chi connectivity index (χ1v) is 18.9. The third-order valence-electron chi connectivity index (χ3n) is 9.54. The molecule has 3 aromatic heterocycles. The Labute approximate surface area is 304 Å². The van der Waals surface area contributed by atoms with Crippen LogP contribution in [-0.4, -0.2) is 27.0 Å². The number of rotatable bonds is 4. The number of aliphatic imine (C=N–C) groups is 1. The van der Waals surface area contributed by atoms with Crippen molar-refractivity contribution in [2.45, 2.75) is 58.9 Å². The van der Waals surface area contributed by atoms with Crippen molar-refractivity contribution in [1.82, 2.24) is 9.47 Å². The highest BCUT2D eigenvalue weighted by molar-refractivity contribution is 8.19. The minimum atomic E-state index is -0.324. The Morgan fingerprint density at radius 1 is 0.860 bits per heavy atom. The van der Waals surface area contributed by atoms with E-state index in [9.17, 15) is 20.1 Å². The van der Waals surface area contributed by atoms with Crippen LogP contribution in [0.4, 0.5) is 5.00 Å². The van der Waals surface area contributed by atoms with Crippen molar-refractivity contribution in [2.75, 3.05) is 6.54 Å². The van der Waals surface area contributed by atoms with Crippen molar-refractivity contribution < 1.29 is 4.79 Å². The molecule has 1 fully saturated rings. The third kappa shape index (κ3) is 4.70. The van der Waals surface area contributed by atoms with Crippen molar-refractivity contribution in [3.8, 4) is 33.0 Å². The highest BCUT2D eigenvalue weighted by Crippen LogP contribution is 2.60. The lowest BCUT2D eigenvalue weighted by atomic mass is 9.79. The highest BCUT2D eigenvalue weighted by Gasteiger charge is 2.44. The maximum atomic E-state index is 13.2. The fraction of sp³-hybridized carbons (Fsp3) is 0.270. The van der Waals surface area contributed by atoms with E-state index in [0.29, 0.717) is 32.3 Å². The fourth-order valence-electron chi connectivity index (χ4n) is 6.93. The number of carbonyl (C=O) groups excluding carboxylic acids is 1. The molecule has 246 valence electrons. The Hall–Kier alpha value is -5.02. The van der Waals surface area contributed by atoms with Crippen molar-refractivity contribution in [3.63, 3.8) is 0 Å². The van der Waals surface area contributed by atoms with E-state index in [-0.39, 0.29) is 38.7 Å². The molecule has 0 atom stereocenters. The second kappa shape index (κ2) is 11.8. The van der Waals surface area contributed by atoms with E-state index in [1.807, 2.05) is 32.1 Å². The van der Waals surface area contributed by atoms with Gasteiger partial charge in [0.1, 0.15) is 14.7 Å².